The van der Waals surface area contributed by atoms with E-state index >= 15 is 0 Å². The highest BCUT2D eigenvalue weighted by Crippen LogP contribution is 2.12. The molecule has 1 aliphatic heterocycles. The summed E-state index contributed by atoms with van der Waals surface area (Å²) in [6.45, 7) is 4.05. The standard InChI is InChI=1S/C16H30N2O/c1-3-4-5-6-7-8-9-10-11-12-16-17-13-14-18(16)15(2)19/h10-11,13-17,19H,3-9,12H2,1-2H3/b11-10+. The van der Waals surface area contributed by atoms with E-state index in [9.17, 15) is 5.11 Å². The summed E-state index contributed by atoms with van der Waals surface area (Å²) in [6, 6.07) is 0. The van der Waals surface area contributed by atoms with E-state index < -0.39 is 6.23 Å². The van der Waals surface area contributed by atoms with Crippen molar-refractivity contribution in [3.63, 3.8) is 0 Å². The summed E-state index contributed by atoms with van der Waals surface area (Å²) >= 11 is 0. The first-order valence-electron chi connectivity index (χ1n) is 7.79. The van der Waals surface area contributed by atoms with Crippen molar-refractivity contribution in [1.82, 2.24) is 10.2 Å². The number of rotatable bonds is 10. The molecule has 0 saturated heterocycles. The van der Waals surface area contributed by atoms with Gasteiger partial charge in [-0.05, 0) is 19.8 Å². The summed E-state index contributed by atoms with van der Waals surface area (Å²) in [5.41, 5.74) is 0. The van der Waals surface area contributed by atoms with Crippen molar-refractivity contribution in [1.29, 1.82) is 0 Å². The minimum atomic E-state index is -0.428. The van der Waals surface area contributed by atoms with Crippen LogP contribution in [0.2, 0.25) is 0 Å². The Balaban J connectivity index is 2.01. The predicted molar refractivity (Wildman–Crippen MR) is 81.3 cm³/mol. The molecule has 2 atom stereocenters. The number of nitrogens with zero attached hydrogens (tertiary/aromatic N) is 1. The van der Waals surface area contributed by atoms with Crippen LogP contribution in [0.15, 0.2) is 24.6 Å². The Morgan fingerprint density at radius 3 is 2.68 bits per heavy atom. The Kier molecular flexibility index (Phi) is 8.39. The third-order valence-electron chi connectivity index (χ3n) is 3.58. The zero-order chi connectivity index (χ0) is 13.9. The number of unbranched alkanes of at least 4 members (excludes halogenated alkanes) is 6. The zero-order valence-electron chi connectivity index (χ0n) is 12.5. The summed E-state index contributed by atoms with van der Waals surface area (Å²) in [4.78, 5) is 1.94. The topological polar surface area (TPSA) is 35.5 Å². The van der Waals surface area contributed by atoms with E-state index in [0.717, 1.165) is 6.42 Å². The first-order chi connectivity index (χ1) is 9.25. The van der Waals surface area contributed by atoms with Gasteiger partial charge in [-0.15, -0.1) is 0 Å². The van der Waals surface area contributed by atoms with Gasteiger partial charge in [-0.3, -0.25) is 0 Å². The fourth-order valence-electron chi connectivity index (χ4n) is 2.39. The molecule has 0 fully saturated rings. The van der Waals surface area contributed by atoms with Crippen LogP contribution in [-0.2, 0) is 0 Å². The molecular formula is C16H30N2O. The fourth-order valence-corrected chi connectivity index (χ4v) is 2.39. The third kappa shape index (κ3) is 6.67. The number of aliphatic hydroxyl groups excluding tert-OH is 1. The minimum absolute atomic E-state index is 0.209. The second-order valence-corrected chi connectivity index (χ2v) is 5.34. The summed E-state index contributed by atoms with van der Waals surface area (Å²) in [5, 5.41) is 12.8. The van der Waals surface area contributed by atoms with Crippen LogP contribution in [-0.4, -0.2) is 22.4 Å². The summed E-state index contributed by atoms with van der Waals surface area (Å²) < 4.78 is 0. The lowest BCUT2D eigenvalue weighted by atomic mass is 10.1. The average Bonchev–Trinajstić information content (AvgIpc) is 2.85. The molecule has 3 nitrogen and oxygen atoms in total. The number of hydrogen-bond acceptors (Lipinski definition) is 3. The van der Waals surface area contributed by atoms with Crippen molar-refractivity contribution in [2.75, 3.05) is 0 Å². The summed E-state index contributed by atoms with van der Waals surface area (Å²) in [5.74, 6) is 0. The first kappa shape index (κ1) is 16.1. The van der Waals surface area contributed by atoms with Crippen LogP contribution in [0.25, 0.3) is 0 Å². The van der Waals surface area contributed by atoms with E-state index in [1.54, 1.807) is 6.92 Å². The minimum Gasteiger partial charge on any atom is -0.374 e. The first-order valence-corrected chi connectivity index (χ1v) is 7.79. The van der Waals surface area contributed by atoms with Crippen LogP contribution < -0.4 is 5.32 Å². The molecule has 2 unspecified atom stereocenters. The van der Waals surface area contributed by atoms with Gasteiger partial charge in [-0.25, -0.2) is 0 Å². The summed E-state index contributed by atoms with van der Waals surface area (Å²) in [6.07, 6.45) is 18.4. The van der Waals surface area contributed by atoms with Gasteiger partial charge in [0.1, 0.15) is 12.4 Å². The van der Waals surface area contributed by atoms with E-state index in [4.69, 9.17) is 0 Å². The van der Waals surface area contributed by atoms with Crippen LogP contribution in [0.3, 0.4) is 0 Å². The molecule has 0 radical (unpaired) electrons. The average molecular weight is 266 g/mol. The second-order valence-electron chi connectivity index (χ2n) is 5.34. The second kappa shape index (κ2) is 9.90. The Morgan fingerprint density at radius 1 is 1.21 bits per heavy atom. The normalized spacial score (nSPS) is 20.2. The van der Waals surface area contributed by atoms with Crippen molar-refractivity contribution in [2.24, 2.45) is 0 Å². The van der Waals surface area contributed by atoms with Crippen LogP contribution in [0.5, 0.6) is 0 Å². The van der Waals surface area contributed by atoms with Crippen molar-refractivity contribution in [2.45, 2.75) is 77.6 Å². The van der Waals surface area contributed by atoms with E-state index in [2.05, 4.69) is 24.4 Å². The van der Waals surface area contributed by atoms with E-state index in [-0.39, 0.29) is 6.17 Å². The maximum Gasteiger partial charge on any atom is 0.125 e. The third-order valence-corrected chi connectivity index (χ3v) is 3.58. The van der Waals surface area contributed by atoms with Gasteiger partial charge in [0.15, 0.2) is 0 Å². The van der Waals surface area contributed by atoms with Crippen molar-refractivity contribution in [3.05, 3.63) is 24.6 Å². The largest absolute Gasteiger partial charge is 0.374 e. The lowest BCUT2D eigenvalue weighted by molar-refractivity contribution is 0.0293. The molecule has 0 amide bonds. The highest BCUT2D eigenvalue weighted by molar-refractivity contribution is 4.98. The number of hydrogen-bond donors (Lipinski definition) is 2. The summed E-state index contributed by atoms with van der Waals surface area (Å²) in [7, 11) is 0. The number of nitrogens with one attached hydrogen (secondary N) is 1. The molecule has 0 bridgehead atoms. The van der Waals surface area contributed by atoms with E-state index in [0.29, 0.717) is 0 Å². The van der Waals surface area contributed by atoms with Crippen LogP contribution in [0.1, 0.15) is 65.2 Å². The number of allylic oxidation sites excluding steroid dienone is 1. The maximum absolute atomic E-state index is 9.58. The molecule has 110 valence electrons. The van der Waals surface area contributed by atoms with Gasteiger partial charge in [0.25, 0.3) is 0 Å². The number of aliphatic hydroxyl groups is 1. The molecule has 0 aliphatic carbocycles. The molecule has 0 aromatic carbocycles. The smallest absolute Gasteiger partial charge is 0.125 e. The molecule has 1 heterocycles. The van der Waals surface area contributed by atoms with E-state index in [1.807, 2.05) is 17.3 Å². The Morgan fingerprint density at radius 2 is 1.95 bits per heavy atom. The molecule has 0 spiro atoms. The van der Waals surface area contributed by atoms with Crippen molar-refractivity contribution >= 4 is 0 Å². The highest BCUT2D eigenvalue weighted by Gasteiger charge is 2.20. The van der Waals surface area contributed by atoms with Crippen LogP contribution >= 0.6 is 0 Å². The Hall–Kier alpha value is -0.960. The fraction of sp³-hybridized carbons (Fsp3) is 0.750. The highest BCUT2D eigenvalue weighted by atomic mass is 16.3. The lowest BCUT2D eigenvalue weighted by Gasteiger charge is -2.27. The van der Waals surface area contributed by atoms with Crippen LogP contribution in [0, 0.1) is 0 Å². The molecule has 19 heavy (non-hydrogen) atoms. The predicted octanol–water partition coefficient (Wildman–Crippen LogP) is 3.72. The van der Waals surface area contributed by atoms with Crippen molar-refractivity contribution in [3.8, 4) is 0 Å². The van der Waals surface area contributed by atoms with Gasteiger partial charge in [0, 0.05) is 18.8 Å². The van der Waals surface area contributed by atoms with Gasteiger partial charge in [-0.2, -0.15) is 0 Å². The van der Waals surface area contributed by atoms with Gasteiger partial charge in [0.2, 0.25) is 0 Å². The lowest BCUT2D eigenvalue weighted by Crippen LogP contribution is -2.40. The Bertz CT molecular complexity index is 274. The quantitative estimate of drug-likeness (QED) is 0.467. The van der Waals surface area contributed by atoms with Crippen molar-refractivity contribution < 1.29 is 5.11 Å². The molecular weight excluding hydrogens is 236 g/mol. The van der Waals surface area contributed by atoms with Crippen LogP contribution in [0.4, 0.5) is 0 Å². The molecule has 0 aromatic heterocycles. The molecule has 1 rings (SSSR count). The van der Waals surface area contributed by atoms with Gasteiger partial charge >= 0.3 is 0 Å². The molecule has 2 N–H and O–H groups in total. The SMILES string of the molecule is CCCCCCCC/C=C/CC1NC=CN1C(C)O. The maximum atomic E-state index is 9.58. The molecule has 0 aromatic rings. The van der Waals surface area contributed by atoms with Gasteiger partial charge in [-0.1, -0.05) is 51.2 Å². The monoisotopic (exact) mass is 266 g/mol. The zero-order valence-corrected chi connectivity index (χ0v) is 12.5. The van der Waals surface area contributed by atoms with Gasteiger partial charge < -0.3 is 15.3 Å². The van der Waals surface area contributed by atoms with E-state index in [1.165, 1.54) is 44.9 Å². The molecule has 0 saturated carbocycles. The molecule has 1 aliphatic rings. The molecule has 3 heteroatoms. The van der Waals surface area contributed by atoms with Gasteiger partial charge in [0.05, 0.1) is 0 Å². The Labute approximate surface area is 118 Å².